The van der Waals surface area contributed by atoms with Gasteiger partial charge in [-0.05, 0) is 120 Å². The molecule has 0 heterocycles. The van der Waals surface area contributed by atoms with Gasteiger partial charge in [-0.2, -0.15) is 0 Å². The molecule has 5 saturated carbocycles. The lowest BCUT2D eigenvalue weighted by Crippen LogP contribution is -2.60. The quantitative estimate of drug-likeness (QED) is 0.235. The van der Waals surface area contributed by atoms with Crippen LogP contribution in [-0.2, 0) is 0 Å². The molecule has 6 rings (SSSR count). The predicted octanol–water partition coefficient (Wildman–Crippen LogP) is 11.4. The molecule has 0 radical (unpaired) electrons. The molecular formula is C40H64Si. The third-order valence-electron chi connectivity index (χ3n) is 14.5. The lowest BCUT2D eigenvalue weighted by Gasteiger charge is -2.53. The third kappa shape index (κ3) is 5.40. The van der Waals surface area contributed by atoms with Crippen LogP contribution in [-0.4, -0.2) is 8.07 Å². The summed E-state index contributed by atoms with van der Waals surface area (Å²) in [5.74, 6) is 7.81. The minimum Gasteiger partial charge on any atom is -0.103 e. The first-order valence-electron chi connectivity index (χ1n) is 18.2. The minimum absolute atomic E-state index is 0.442. The van der Waals surface area contributed by atoms with Gasteiger partial charge >= 0.3 is 0 Å². The summed E-state index contributed by atoms with van der Waals surface area (Å²) in [4.78, 5) is 0. The molecule has 228 valence electrons. The summed E-state index contributed by atoms with van der Waals surface area (Å²) in [5.41, 5.74) is 2.87. The topological polar surface area (TPSA) is 0 Å². The highest BCUT2D eigenvalue weighted by Gasteiger charge is 2.65. The van der Waals surface area contributed by atoms with E-state index < -0.39 is 8.07 Å². The van der Waals surface area contributed by atoms with E-state index in [1.54, 1.807) is 6.42 Å². The van der Waals surface area contributed by atoms with Crippen molar-refractivity contribution in [2.45, 2.75) is 142 Å². The Balaban J connectivity index is 1.52. The monoisotopic (exact) mass is 572 g/mol. The van der Waals surface area contributed by atoms with Gasteiger partial charge in [0.1, 0.15) is 0 Å². The Morgan fingerprint density at radius 3 is 1.83 bits per heavy atom. The van der Waals surface area contributed by atoms with Gasteiger partial charge in [-0.25, -0.2) is 0 Å². The second kappa shape index (κ2) is 11.6. The Morgan fingerprint density at radius 1 is 0.683 bits per heavy atom. The zero-order valence-corrected chi connectivity index (χ0v) is 28.8. The predicted molar refractivity (Wildman–Crippen MR) is 181 cm³/mol. The molecule has 0 spiro atoms. The molecule has 5 aliphatic carbocycles. The van der Waals surface area contributed by atoms with Crippen LogP contribution in [0.5, 0.6) is 0 Å². The van der Waals surface area contributed by atoms with Crippen LogP contribution in [0.2, 0.25) is 17.1 Å². The van der Waals surface area contributed by atoms with Crippen LogP contribution < -0.4 is 5.19 Å². The SMILES string of the molecule is C=CCC[Si](c1ccccc1)(C1CCC2CCCCC21)C1C2CC(C(C)(C)C)CCC2C2CCC(C(C)(C)C)CC21. The van der Waals surface area contributed by atoms with Crippen LogP contribution in [0.25, 0.3) is 0 Å². The second-order valence-corrected chi connectivity index (χ2v) is 22.6. The van der Waals surface area contributed by atoms with Crippen molar-refractivity contribution in [2.75, 3.05) is 0 Å². The maximum Gasteiger partial charge on any atom is 0.0939 e. The molecule has 10 atom stereocenters. The van der Waals surface area contributed by atoms with Gasteiger partial charge in [0.25, 0.3) is 0 Å². The molecule has 5 fully saturated rings. The fourth-order valence-electron chi connectivity index (χ4n) is 12.6. The average Bonchev–Trinajstić information content (AvgIpc) is 3.53. The van der Waals surface area contributed by atoms with Crippen molar-refractivity contribution in [3.05, 3.63) is 43.0 Å². The molecule has 1 aromatic rings. The smallest absolute Gasteiger partial charge is 0.0939 e. The van der Waals surface area contributed by atoms with E-state index >= 15 is 0 Å². The summed E-state index contributed by atoms with van der Waals surface area (Å²) in [6.07, 6.45) is 21.8. The highest BCUT2D eigenvalue weighted by atomic mass is 28.3. The largest absolute Gasteiger partial charge is 0.103 e. The molecule has 0 bridgehead atoms. The minimum atomic E-state index is -1.90. The maximum atomic E-state index is 4.37. The van der Waals surface area contributed by atoms with E-state index in [9.17, 15) is 0 Å². The van der Waals surface area contributed by atoms with E-state index in [0.29, 0.717) is 10.8 Å². The molecule has 10 unspecified atom stereocenters. The van der Waals surface area contributed by atoms with Crippen LogP contribution in [0.1, 0.15) is 125 Å². The van der Waals surface area contributed by atoms with Gasteiger partial charge in [0.2, 0.25) is 0 Å². The molecule has 0 N–H and O–H groups in total. The third-order valence-corrected chi connectivity index (χ3v) is 21.1. The van der Waals surface area contributed by atoms with Gasteiger partial charge in [-0.1, -0.05) is 122 Å². The van der Waals surface area contributed by atoms with E-state index in [1.165, 1.54) is 83.1 Å². The molecule has 5 aliphatic rings. The number of fused-ring (bicyclic) bond motifs is 4. The number of rotatable bonds is 6. The van der Waals surface area contributed by atoms with E-state index in [4.69, 9.17) is 0 Å². The van der Waals surface area contributed by atoms with Crippen molar-refractivity contribution in [3.63, 3.8) is 0 Å². The van der Waals surface area contributed by atoms with Crippen molar-refractivity contribution < 1.29 is 0 Å². The average molecular weight is 573 g/mol. The van der Waals surface area contributed by atoms with Crippen molar-refractivity contribution in [3.8, 4) is 0 Å². The Kier molecular flexibility index (Phi) is 8.54. The molecule has 1 heteroatoms. The van der Waals surface area contributed by atoms with Crippen LogP contribution in [0.3, 0.4) is 0 Å². The Labute approximate surface area is 256 Å². The van der Waals surface area contributed by atoms with Crippen LogP contribution >= 0.6 is 0 Å². The van der Waals surface area contributed by atoms with E-state index in [-0.39, 0.29) is 0 Å². The molecule has 0 amide bonds. The highest BCUT2D eigenvalue weighted by molar-refractivity contribution is 6.94. The van der Waals surface area contributed by atoms with Crippen LogP contribution in [0.15, 0.2) is 43.0 Å². The molecule has 1 aromatic carbocycles. The lowest BCUT2D eigenvalue weighted by molar-refractivity contribution is 0.0722. The van der Waals surface area contributed by atoms with Gasteiger partial charge in [0, 0.05) is 0 Å². The molecule has 0 aromatic heterocycles. The zero-order valence-electron chi connectivity index (χ0n) is 27.8. The summed E-state index contributed by atoms with van der Waals surface area (Å²) in [5, 5.41) is 1.87. The van der Waals surface area contributed by atoms with Crippen molar-refractivity contribution in [1.29, 1.82) is 0 Å². The number of hydrogen-bond acceptors (Lipinski definition) is 0. The summed E-state index contributed by atoms with van der Waals surface area (Å²) in [6.45, 7) is 19.7. The highest BCUT2D eigenvalue weighted by Crippen LogP contribution is 2.70. The first kappa shape index (κ1) is 30.2. The summed E-state index contributed by atoms with van der Waals surface area (Å²) >= 11 is 0. The first-order valence-corrected chi connectivity index (χ1v) is 20.6. The molecule has 0 aliphatic heterocycles. The normalized spacial score (nSPS) is 40.7. The van der Waals surface area contributed by atoms with Gasteiger partial charge < -0.3 is 0 Å². The molecule has 0 saturated heterocycles. The first-order chi connectivity index (χ1) is 19.6. The van der Waals surface area contributed by atoms with E-state index in [2.05, 4.69) is 84.5 Å². The fraction of sp³-hybridized carbons (Fsp3) is 0.800. The Bertz CT molecular complexity index is 989. The van der Waals surface area contributed by atoms with E-state index in [0.717, 1.165) is 58.4 Å². The fourth-order valence-corrected chi connectivity index (χ4v) is 20.6. The van der Waals surface area contributed by atoms with E-state index in [1.807, 2.05) is 5.19 Å². The Morgan fingerprint density at radius 2 is 1.27 bits per heavy atom. The van der Waals surface area contributed by atoms with Crippen molar-refractivity contribution in [2.24, 2.45) is 58.2 Å². The maximum absolute atomic E-state index is 4.37. The summed E-state index contributed by atoms with van der Waals surface area (Å²) < 4.78 is 0. The van der Waals surface area contributed by atoms with Crippen molar-refractivity contribution >= 4 is 13.3 Å². The zero-order chi connectivity index (χ0) is 29.0. The number of allylic oxidation sites excluding steroid dienone is 1. The number of benzene rings is 1. The summed E-state index contributed by atoms with van der Waals surface area (Å²) in [7, 11) is -1.90. The lowest BCUT2D eigenvalue weighted by atomic mass is 9.62. The molecule has 0 nitrogen and oxygen atoms in total. The van der Waals surface area contributed by atoms with Gasteiger partial charge in [-0.15, -0.1) is 6.58 Å². The van der Waals surface area contributed by atoms with Gasteiger partial charge in [0.05, 0.1) is 8.07 Å². The summed E-state index contributed by atoms with van der Waals surface area (Å²) in [6, 6.07) is 14.0. The standard InChI is InChI=1S/C40H64Si/c1-8-9-25-41(31-16-11-10-12-17-31,37-24-19-28-15-13-14-18-32(28)37)38-35-26-29(39(2,3)4)20-22-33(35)34-23-21-30(27-36(34)38)40(5,6)7/h8,10-12,16-17,28-30,32-38H,1,9,13-15,18-27H2,2-7H3. The molecule has 41 heavy (non-hydrogen) atoms. The second-order valence-electron chi connectivity index (χ2n) is 18.1. The molecular weight excluding hydrogens is 509 g/mol. The van der Waals surface area contributed by atoms with Crippen LogP contribution in [0, 0.1) is 58.2 Å². The van der Waals surface area contributed by atoms with Crippen molar-refractivity contribution in [1.82, 2.24) is 0 Å². The van der Waals surface area contributed by atoms with Gasteiger partial charge in [-0.3, -0.25) is 0 Å². The van der Waals surface area contributed by atoms with Gasteiger partial charge in [0.15, 0.2) is 0 Å². The van der Waals surface area contributed by atoms with Crippen LogP contribution in [0.4, 0.5) is 0 Å². The Hall–Kier alpha value is -0.823. The number of hydrogen-bond donors (Lipinski definition) is 0.